The molecule has 0 aliphatic carbocycles. The maximum atomic E-state index is 11.4. The molecule has 2 rings (SSSR count). The van der Waals surface area contributed by atoms with Crippen molar-refractivity contribution in [1.29, 1.82) is 0 Å². The Morgan fingerprint density at radius 3 is 2.16 bits per heavy atom. The standard InChI is InChI=1S/C7H8N4O2.Ca.H2O4S/c1-10-5-4(8-3-9-5)6(12)11(2)7(10)13;;1-5(2,3)4/h3H,1-2H3,(H,8,9);;(H2,1,2,3,4)/q;+2;/p-2. The zero-order valence-electron chi connectivity index (χ0n) is 9.98. The number of H-pyrrole nitrogens is 1. The third-order valence-electron chi connectivity index (χ3n) is 2.03. The number of nitrogens with one attached hydrogen (secondary N) is 1. The van der Waals surface area contributed by atoms with E-state index in [1.165, 1.54) is 17.9 Å². The molecule has 0 spiro atoms. The summed E-state index contributed by atoms with van der Waals surface area (Å²) in [6.07, 6.45) is 1.39. The number of hydrogen-bond acceptors (Lipinski definition) is 7. The first-order valence-corrected chi connectivity index (χ1v) is 5.72. The van der Waals surface area contributed by atoms with E-state index in [4.69, 9.17) is 17.5 Å². The Morgan fingerprint density at radius 2 is 1.68 bits per heavy atom. The minimum atomic E-state index is -5.17. The monoisotopic (exact) mass is 316 g/mol. The maximum absolute atomic E-state index is 11.4. The molecule has 0 unspecified atom stereocenters. The van der Waals surface area contributed by atoms with Gasteiger partial charge in [0.25, 0.3) is 5.56 Å². The van der Waals surface area contributed by atoms with Gasteiger partial charge in [-0.05, 0) is 0 Å². The number of rotatable bonds is 0. The molecule has 0 radical (unpaired) electrons. The Hall–Kier alpha value is -0.720. The largest absolute Gasteiger partial charge is 2.00 e. The second kappa shape index (κ2) is 6.63. The van der Waals surface area contributed by atoms with E-state index in [0.717, 1.165) is 4.57 Å². The predicted octanol–water partition coefficient (Wildman–Crippen LogP) is -2.76. The van der Waals surface area contributed by atoms with Crippen LogP contribution >= 0.6 is 0 Å². The van der Waals surface area contributed by atoms with Crippen LogP contribution in [-0.2, 0) is 24.5 Å². The van der Waals surface area contributed by atoms with Crippen LogP contribution in [0, 0.1) is 0 Å². The van der Waals surface area contributed by atoms with Crippen molar-refractivity contribution in [2.75, 3.05) is 0 Å². The van der Waals surface area contributed by atoms with Crippen LogP contribution in [0.3, 0.4) is 0 Å². The van der Waals surface area contributed by atoms with Crippen molar-refractivity contribution in [3.8, 4) is 0 Å². The first-order chi connectivity index (χ1) is 8.13. The molecule has 2 aromatic heterocycles. The summed E-state index contributed by atoms with van der Waals surface area (Å²) < 4.78 is 36.5. The quantitative estimate of drug-likeness (QED) is 0.314. The molecule has 0 aromatic carbocycles. The van der Waals surface area contributed by atoms with Crippen LogP contribution < -0.4 is 11.2 Å². The summed E-state index contributed by atoms with van der Waals surface area (Å²) in [5.41, 5.74) is 0.0119. The first kappa shape index (κ1) is 18.3. The van der Waals surface area contributed by atoms with Gasteiger partial charge in [-0.2, -0.15) is 0 Å². The Bertz CT molecular complexity index is 780. The van der Waals surface area contributed by atoms with Crippen molar-refractivity contribution in [3.05, 3.63) is 27.2 Å². The van der Waals surface area contributed by atoms with Gasteiger partial charge in [0.15, 0.2) is 5.65 Å². The summed E-state index contributed by atoms with van der Waals surface area (Å²) in [5, 5.41) is 0. The molecule has 100 valence electrons. The Balaban J connectivity index is 0.000000471. The van der Waals surface area contributed by atoms with E-state index in [9.17, 15) is 9.59 Å². The van der Waals surface area contributed by atoms with Gasteiger partial charge in [0.1, 0.15) is 5.52 Å². The molecule has 19 heavy (non-hydrogen) atoms. The van der Waals surface area contributed by atoms with Crippen LogP contribution in [-0.4, -0.2) is 74.4 Å². The molecular weight excluding hydrogens is 308 g/mol. The molecule has 0 saturated heterocycles. The van der Waals surface area contributed by atoms with Gasteiger partial charge in [-0.3, -0.25) is 22.3 Å². The average molecular weight is 316 g/mol. The Morgan fingerprint density at radius 1 is 1.21 bits per heavy atom. The number of aryl methyl sites for hydroxylation is 1. The van der Waals surface area contributed by atoms with Gasteiger partial charge >= 0.3 is 43.4 Å². The molecule has 0 aliphatic heterocycles. The van der Waals surface area contributed by atoms with Crippen molar-refractivity contribution in [1.82, 2.24) is 19.1 Å². The van der Waals surface area contributed by atoms with Crippen LogP contribution in [0.25, 0.3) is 11.2 Å². The van der Waals surface area contributed by atoms with Crippen molar-refractivity contribution in [2.24, 2.45) is 14.1 Å². The number of aromatic nitrogens is 4. The van der Waals surface area contributed by atoms with E-state index in [1.807, 2.05) is 0 Å². The summed E-state index contributed by atoms with van der Waals surface area (Å²) in [4.78, 5) is 29.4. The fourth-order valence-corrected chi connectivity index (χ4v) is 1.27. The summed E-state index contributed by atoms with van der Waals surface area (Å²) in [5.74, 6) is 0. The molecule has 0 bridgehead atoms. The molecule has 2 heterocycles. The Labute approximate surface area is 136 Å². The topological polar surface area (TPSA) is 153 Å². The fraction of sp³-hybridized carbons (Fsp3) is 0.286. The second-order valence-corrected chi connectivity index (χ2v) is 4.03. The van der Waals surface area contributed by atoms with Crippen molar-refractivity contribution < 1.29 is 17.5 Å². The molecular formula is C7H8CaN4O6S. The molecule has 0 atom stereocenters. The van der Waals surface area contributed by atoms with E-state index in [1.54, 1.807) is 7.05 Å². The van der Waals surface area contributed by atoms with E-state index >= 15 is 0 Å². The van der Waals surface area contributed by atoms with E-state index < -0.39 is 10.4 Å². The van der Waals surface area contributed by atoms with Gasteiger partial charge in [0.05, 0.1) is 6.33 Å². The van der Waals surface area contributed by atoms with Crippen LogP contribution in [0.1, 0.15) is 0 Å². The van der Waals surface area contributed by atoms with Crippen LogP contribution in [0.5, 0.6) is 0 Å². The minimum Gasteiger partial charge on any atom is -0.759 e. The normalized spacial score (nSPS) is 10.5. The molecule has 12 heteroatoms. The molecule has 10 nitrogen and oxygen atoms in total. The predicted molar refractivity (Wildman–Crippen MR) is 62.8 cm³/mol. The zero-order chi connectivity index (χ0) is 14.1. The van der Waals surface area contributed by atoms with Gasteiger partial charge in [-0.25, -0.2) is 9.78 Å². The Kier molecular flexibility index (Phi) is 6.38. The molecule has 0 fully saturated rings. The minimum absolute atomic E-state index is 0. The van der Waals surface area contributed by atoms with E-state index in [2.05, 4.69) is 9.97 Å². The first-order valence-electron chi connectivity index (χ1n) is 4.38. The van der Waals surface area contributed by atoms with Gasteiger partial charge in [0, 0.05) is 24.5 Å². The summed E-state index contributed by atoms with van der Waals surface area (Å²) in [6.45, 7) is 0. The smallest absolute Gasteiger partial charge is 0.759 e. The summed E-state index contributed by atoms with van der Waals surface area (Å²) in [6, 6.07) is 0. The fourth-order valence-electron chi connectivity index (χ4n) is 1.27. The number of hydrogen-bond donors (Lipinski definition) is 1. The van der Waals surface area contributed by atoms with Crippen molar-refractivity contribution >= 4 is 59.3 Å². The van der Waals surface area contributed by atoms with Gasteiger partial charge in [-0.15, -0.1) is 0 Å². The molecule has 0 amide bonds. The zero-order valence-corrected chi connectivity index (χ0v) is 13.0. The van der Waals surface area contributed by atoms with E-state index in [0.29, 0.717) is 11.2 Å². The third-order valence-corrected chi connectivity index (χ3v) is 2.03. The SMILES string of the molecule is Cn1c(=O)c2[nH]cnc2n(C)c1=O.O=S(=O)([O-])[O-].[Ca+2]. The summed E-state index contributed by atoms with van der Waals surface area (Å²) >= 11 is 0. The molecule has 1 N–H and O–H groups in total. The van der Waals surface area contributed by atoms with Crippen molar-refractivity contribution in [3.63, 3.8) is 0 Å². The number of fused-ring (bicyclic) bond motifs is 1. The van der Waals surface area contributed by atoms with E-state index in [-0.39, 0.29) is 49.0 Å². The third kappa shape index (κ3) is 4.71. The van der Waals surface area contributed by atoms with Crippen LogP contribution in [0.4, 0.5) is 0 Å². The van der Waals surface area contributed by atoms with Gasteiger partial charge in [0.2, 0.25) is 0 Å². The molecule has 0 saturated carbocycles. The van der Waals surface area contributed by atoms with Crippen LogP contribution in [0.15, 0.2) is 15.9 Å². The number of aromatic amines is 1. The van der Waals surface area contributed by atoms with Gasteiger partial charge < -0.3 is 14.1 Å². The van der Waals surface area contributed by atoms with Crippen molar-refractivity contribution in [2.45, 2.75) is 0 Å². The number of imidazole rings is 1. The average Bonchev–Trinajstić information content (AvgIpc) is 2.70. The maximum Gasteiger partial charge on any atom is 2.00 e. The summed E-state index contributed by atoms with van der Waals surface area (Å²) in [7, 11) is -2.16. The van der Waals surface area contributed by atoms with Crippen LogP contribution in [0.2, 0.25) is 0 Å². The number of nitrogens with zero attached hydrogens (tertiary/aromatic N) is 3. The molecule has 0 aliphatic rings. The second-order valence-electron chi connectivity index (χ2n) is 3.22. The molecule has 2 aromatic rings. The van der Waals surface area contributed by atoms with Gasteiger partial charge in [-0.1, -0.05) is 0 Å².